The first-order chi connectivity index (χ1) is 11.7. The van der Waals surface area contributed by atoms with Gasteiger partial charge in [-0.1, -0.05) is 12.1 Å². The second kappa shape index (κ2) is 5.95. The second-order valence-electron chi connectivity index (χ2n) is 5.90. The van der Waals surface area contributed by atoms with Crippen molar-refractivity contribution in [2.75, 3.05) is 13.1 Å². The molecule has 124 valence electrons. The van der Waals surface area contributed by atoms with Crippen molar-refractivity contribution in [3.05, 3.63) is 48.8 Å². The first-order valence-electron chi connectivity index (χ1n) is 7.84. The highest BCUT2D eigenvalue weighted by Crippen LogP contribution is 2.31. The Hall–Kier alpha value is -2.32. The summed E-state index contributed by atoms with van der Waals surface area (Å²) in [6.07, 6.45) is 6.27. The molecule has 1 saturated heterocycles. The fraction of sp³-hybridized carbons (Fsp3) is 0.312. The number of rotatable bonds is 3. The average molecular weight is 343 g/mol. The van der Waals surface area contributed by atoms with E-state index in [4.69, 9.17) is 0 Å². The predicted molar refractivity (Wildman–Crippen MR) is 88.9 cm³/mol. The average Bonchev–Trinajstić information content (AvgIpc) is 3.16. The Morgan fingerprint density at radius 3 is 2.75 bits per heavy atom. The quantitative estimate of drug-likeness (QED) is 0.784. The van der Waals surface area contributed by atoms with Gasteiger partial charge in [0.2, 0.25) is 10.0 Å². The Labute approximate surface area is 139 Å². The standard InChI is InChI=1S/C16H17N5O2S/c22-24(23,15-3-1-2-13-10-17-7-4-14(13)15)21-8-5-12(6-9-21)16-18-11-19-20-16/h1-4,7,10-12H,5-6,8-9H2,(H,18,19,20). The summed E-state index contributed by atoms with van der Waals surface area (Å²) in [4.78, 5) is 8.59. The number of aromatic amines is 1. The zero-order chi connectivity index (χ0) is 16.6. The molecule has 1 aromatic carbocycles. The van der Waals surface area contributed by atoms with Gasteiger partial charge in [-0.25, -0.2) is 13.4 Å². The van der Waals surface area contributed by atoms with Crippen LogP contribution in [0.4, 0.5) is 0 Å². The molecule has 0 atom stereocenters. The summed E-state index contributed by atoms with van der Waals surface area (Å²) in [5.41, 5.74) is 0. The Morgan fingerprint density at radius 2 is 2.00 bits per heavy atom. The van der Waals surface area contributed by atoms with Crippen molar-refractivity contribution in [3.63, 3.8) is 0 Å². The number of nitrogens with one attached hydrogen (secondary N) is 1. The number of pyridine rings is 1. The zero-order valence-electron chi connectivity index (χ0n) is 13.0. The van der Waals surface area contributed by atoms with Gasteiger partial charge >= 0.3 is 0 Å². The number of benzene rings is 1. The molecular formula is C16H17N5O2S. The van der Waals surface area contributed by atoms with E-state index in [1.165, 1.54) is 6.33 Å². The van der Waals surface area contributed by atoms with Crippen LogP contribution in [0.2, 0.25) is 0 Å². The van der Waals surface area contributed by atoms with Crippen LogP contribution in [-0.4, -0.2) is 46.0 Å². The van der Waals surface area contributed by atoms with Gasteiger partial charge in [0.15, 0.2) is 0 Å². The summed E-state index contributed by atoms with van der Waals surface area (Å²) in [6.45, 7) is 0.963. The molecule has 0 bridgehead atoms. The molecule has 0 unspecified atom stereocenters. The van der Waals surface area contributed by atoms with Crippen LogP contribution in [0.3, 0.4) is 0 Å². The lowest BCUT2D eigenvalue weighted by Crippen LogP contribution is -2.38. The number of hydrogen-bond acceptors (Lipinski definition) is 5. The first-order valence-corrected chi connectivity index (χ1v) is 9.28. The Kier molecular flexibility index (Phi) is 3.78. The van der Waals surface area contributed by atoms with E-state index in [1.54, 1.807) is 34.9 Å². The Balaban J connectivity index is 1.62. The fourth-order valence-electron chi connectivity index (χ4n) is 3.24. The number of sulfonamides is 1. The topological polar surface area (TPSA) is 91.8 Å². The summed E-state index contributed by atoms with van der Waals surface area (Å²) >= 11 is 0. The molecule has 1 N–H and O–H groups in total. The number of piperidine rings is 1. The summed E-state index contributed by atoms with van der Waals surface area (Å²) in [6, 6.07) is 7.05. The van der Waals surface area contributed by atoms with Crippen LogP contribution in [0.1, 0.15) is 24.6 Å². The molecule has 0 aliphatic carbocycles. The number of H-pyrrole nitrogens is 1. The van der Waals surface area contributed by atoms with Crippen LogP contribution in [0.15, 0.2) is 47.9 Å². The van der Waals surface area contributed by atoms with Gasteiger partial charge < -0.3 is 0 Å². The number of hydrogen-bond donors (Lipinski definition) is 1. The van der Waals surface area contributed by atoms with Gasteiger partial charge in [-0.05, 0) is 25.0 Å². The van der Waals surface area contributed by atoms with Crippen molar-refractivity contribution >= 4 is 20.8 Å². The lowest BCUT2D eigenvalue weighted by atomic mass is 9.98. The first kappa shape index (κ1) is 15.2. The number of nitrogens with zero attached hydrogens (tertiary/aromatic N) is 4. The smallest absolute Gasteiger partial charge is 0.243 e. The van der Waals surface area contributed by atoms with Gasteiger partial charge in [0.05, 0.1) is 4.90 Å². The molecule has 24 heavy (non-hydrogen) atoms. The molecule has 0 saturated carbocycles. The molecule has 0 radical (unpaired) electrons. The van der Waals surface area contributed by atoms with Crippen molar-refractivity contribution in [2.24, 2.45) is 0 Å². The van der Waals surface area contributed by atoms with Crippen molar-refractivity contribution in [3.8, 4) is 0 Å². The molecule has 1 aliphatic rings. The van der Waals surface area contributed by atoms with E-state index in [0.29, 0.717) is 23.4 Å². The van der Waals surface area contributed by atoms with E-state index in [9.17, 15) is 8.42 Å². The molecule has 4 rings (SSSR count). The van der Waals surface area contributed by atoms with Crippen molar-refractivity contribution in [1.82, 2.24) is 24.5 Å². The molecule has 3 aromatic rings. The predicted octanol–water partition coefficient (Wildman–Crippen LogP) is 1.92. The van der Waals surface area contributed by atoms with Gasteiger partial charge in [0.1, 0.15) is 12.2 Å². The lowest BCUT2D eigenvalue weighted by Gasteiger charge is -2.30. The third-order valence-corrected chi connectivity index (χ3v) is 6.49. The molecule has 8 heteroatoms. The van der Waals surface area contributed by atoms with Gasteiger partial charge in [-0.15, -0.1) is 0 Å². The van der Waals surface area contributed by atoms with Gasteiger partial charge in [-0.3, -0.25) is 10.1 Å². The van der Waals surface area contributed by atoms with Crippen LogP contribution in [0.25, 0.3) is 10.8 Å². The molecule has 0 amide bonds. The maximum Gasteiger partial charge on any atom is 0.243 e. The Bertz CT molecular complexity index is 942. The van der Waals surface area contributed by atoms with Gasteiger partial charge in [0, 0.05) is 42.2 Å². The molecule has 0 spiro atoms. The van der Waals surface area contributed by atoms with E-state index in [1.807, 2.05) is 6.07 Å². The maximum absolute atomic E-state index is 13.1. The normalized spacial score (nSPS) is 17.3. The number of aromatic nitrogens is 4. The second-order valence-corrected chi connectivity index (χ2v) is 7.81. The van der Waals surface area contributed by atoms with E-state index >= 15 is 0 Å². The van der Waals surface area contributed by atoms with Gasteiger partial charge in [-0.2, -0.15) is 9.40 Å². The molecule has 1 aliphatic heterocycles. The third kappa shape index (κ3) is 2.57. The highest BCUT2D eigenvalue weighted by atomic mass is 32.2. The minimum atomic E-state index is -3.52. The SMILES string of the molecule is O=S(=O)(c1cccc2cnccc12)N1CCC(c2ncn[nH]2)CC1. The summed E-state index contributed by atoms with van der Waals surface area (Å²) in [5, 5.41) is 8.29. The van der Waals surface area contributed by atoms with E-state index < -0.39 is 10.0 Å². The monoisotopic (exact) mass is 343 g/mol. The van der Waals surface area contributed by atoms with E-state index in [-0.39, 0.29) is 5.92 Å². The lowest BCUT2D eigenvalue weighted by molar-refractivity contribution is 0.314. The van der Waals surface area contributed by atoms with Crippen molar-refractivity contribution in [2.45, 2.75) is 23.7 Å². The third-order valence-electron chi connectivity index (χ3n) is 4.53. The summed E-state index contributed by atoms with van der Waals surface area (Å²) < 4.78 is 27.7. The van der Waals surface area contributed by atoms with Crippen LogP contribution in [0, 0.1) is 0 Å². The highest BCUT2D eigenvalue weighted by molar-refractivity contribution is 7.89. The summed E-state index contributed by atoms with van der Waals surface area (Å²) in [7, 11) is -3.52. The maximum atomic E-state index is 13.1. The molecule has 2 aromatic heterocycles. The number of fused-ring (bicyclic) bond motifs is 1. The van der Waals surface area contributed by atoms with Gasteiger partial charge in [0.25, 0.3) is 0 Å². The van der Waals surface area contributed by atoms with Crippen LogP contribution in [0.5, 0.6) is 0 Å². The zero-order valence-corrected chi connectivity index (χ0v) is 13.8. The Morgan fingerprint density at radius 1 is 1.17 bits per heavy atom. The molecule has 1 fully saturated rings. The van der Waals surface area contributed by atoms with E-state index in [0.717, 1.165) is 24.1 Å². The highest BCUT2D eigenvalue weighted by Gasteiger charge is 2.31. The molecule has 3 heterocycles. The molecule has 7 nitrogen and oxygen atoms in total. The fourth-order valence-corrected chi connectivity index (χ4v) is 4.92. The minimum Gasteiger partial charge on any atom is -0.264 e. The van der Waals surface area contributed by atoms with Crippen molar-refractivity contribution in [1.29, 1.82) is 0 Å². The van der Waals surface area contributed by atoms with E-state index in [2.05, 4.69) is 20.2 Å². The minimum absolute atomic E-state index is 0.232. The van der Waals surface area contributed by atoms with Crippen LogP contribution in [-0.2, 0) is 10.0 Å². The molecular weight excluding hydrogens is 326 g/mol. The largest absolute Gasteiger partial charge is 0.264 e. The van der Waals surface area contributed by atoms with Crippen LogP contribution >= 0.6 is 0 Å². The summed E-state index contributed by atoms with van der Waals surface area (Å²) in [5.74, 6) is 1.07. The van der Waals surface area contributed by atoms with Crippen LogP contribution < -0.4 is 0 Å². The van der Waals surface area contributed by atoms with Crippen molar-refractivity contribution < 1.29 is 8.42 Å².